The second kappa shape index (κ2) is 6.89. The highest BCUT2D eigenvalue weighted by Crippen LogP contribution is 2.13. The third kappa shape index (κ3) is 3.95. The van der Waals surface area contributed by atoms with E-state index in [1.165, 1.54) is 6.92 Å². The molecule has 114 valence electrons. The van der Waals surface area contributed by atoms with Gasteiger partial charge in [-0.05, 0) is 48.7 Å². The number of carbonyl (C=O) groups is 2. The molecular formula is C18H20N2O2. The minimum absolute atomic E-state index is 0.0767. The fourth-order valence-corrected chi connectivity index (χ4v) is 2.18. The third-order valence-corrected chi connectivity index (χ3v) is 3.58. The Hall–Kier alpha value is -2.62. The van der Waals surface area contributed by atoms with Crippen LogP contribution in [0.1, 0.15) is 34.0 Å². The number of carbonyl (C=O) groups excluding carboxylic acids is 2. The van der Waals surface area contributed by atoms with E-state index < -0.39 is 0 Å². The molecule has 0 aliphatic heterocycles. The maximum absolute atomic E-state index is 12.2. The molecule has 0 fully saturated rings. The number of rotatable bonds is 4. The van der Waals surface area contributed by atoms with Gasteiger partial charge >= 0.3 is 0 Å². The van der Waals surface area contributed by atoms with Crippen LogP contribution >= 0.6 is 0 Å². The molecule has 22 heavy (non-hydrogen) atoms. The van der Waals surface area contributed by atoms with Crippen LogP contribution in [0.3, 0.4) is 0 Å². The molecule has 0 spiro atoms. The summed E-state index contributed by atoms with van der Waals surface area (Å²) >= 11 is 0. The summed E-state index contributed by atoms with van der Waals surface area (Å²) in [6, 6.07) is 13.1. The van der Waals surface area contributed by atoms with Crippen molar-refractivity contribution in [1.29, 1.82) is 0 Å². The predicted molar refractivity (Wildman–Crippen MR) is 87.8 cm³/mol. The molecule has 0 saturated carbocycles. The second-order valence-electron chi connectivity index (χ2n) is 5.31. The van der Waals surface area contributed by atoms with Gasteiger partial charge in [0.05, 0.1) is 0 Å². The summed E-state index contributed by atoms with van der Waals surface area (Å²) in [4.78, 5) is 23.2. The standard InChI is InChI=1S/C18H20N2O2/c1-12-5-4-6-17(13(12)2)18(22)19-11-15-7-9-16(10-8-15)20-14(3)21/h4-10H,11H2,1-3H3,(H,19,22)(H,20,21). The predicted octanol–water partition coefficient (Wildman–Crippen LogP) is 3.19. The van der Waals surface area contributed by atoms with Crippen LogP contribution in [0.25, 0.3) is 0 Å². The van der Waals surface area contributed by atoms with Gasteiger partial charge in [0.25, 0.3) is 5.91 Å². The molecule has 0 atom stereocenters. The molecule has 4 heteroatoms. The summed E-state index contributed by atoms with van der Waals surface area (Å²) in [5, 5.41) is 5.63. The SMILES string of the molecule is CC(=O)Nc1ccc(CNC(=O)c2cccc(C)c2C)cc1. The maximum atomic E-state index is 12.2. The number of aryl methyl sites for hydroxylation is 1. The van der Waals surface area contributed by atoms with Crippen molar-refractivity contribution in [2.75, 3.05) is 5.32 Å². The molecular weight excluding hydrogens is 276 g/mol. The van der Waals surface area contributed by atoms with Crippen molar-refractivity contribution in [3.05, 3.63) is 64.7 Å². The zero-order chi connectivity index (χ0) is 16.1. The van der Waals surface area contributed by atoms with Gasteiger partial charge in [-0.3, -0.25) is 9.59 Å². The molecule has 4 nitrogen and oxygen atoms in total. The van der Waals surface area contributed by atoms with Crippen molar-refractivity contribution in [3.63, 3.8) is 0 Å². The fourth-order valence-electron chi connectivity index (χ4n) is 2.18. The Kier molecular flexibility index (Phi) is 4.94. The lowest BCUT2D eigenvalue weighted by Gasteiger charge is -2.10. The molecule has 0 aliphatic carbocycles. The molecule has 0 saturated heterocycles. The lowest BCUT2D eigenvalue weighted by Crippen LogP contribution is -2.23. The first-order chi connectivity index (χ1) is 10.5. The summed E-state index contributed by atoms with van der Waals surface area (Å²) < 4.78 is 0. The van der Waals surface area contributed by atoms with Gasteiger partial charge in [-0.1, -0.05) is 24.3 Å². The number of hydrogen-bond donors (Lipinski definition) is 2. The zero-order valence-electron chi connectivity index (χ0n) is 13.1. The Morgan fingerprint density at radius 1 is 1.00 bits per heavy atom. The van der Waals surface area contributed by atoms with Gasteiger partial charge in [-0.2, -0.15) is 0 Å². The van der Waals surface area contributed by atoms with Crippen molar-refractivity contribution in [1.82, 2.24) is 5.32 Å². The van der Waals surface area contributed by atoms with Gasteiger partial charge < -0.3 is 10.6 Å². The number of hydrogen-bond acceptors (Lipinski definition) is 2. The van der Waals surface area contributed by atoms with Crippen LogP contribution in [0, 0.1) is 13.8 Å². The first kappa shape index (κ1) is 15.8. The van der Waals surface area contributed by atoms with Crippen LogP contribution in [0.2, 0.25) is 0 Å². The van der Waals surface area contributed by atoms with Crippen LogP contribution in [-0.4, -0.2) is 11.8 Å². The highest BCUT2D eigenvalue weighted by molar-refractivity contribution is 5.95. The van der Waals surface area contributed by atoms with E-state index >= 15 is 0 Å². The van der Waals surface area contributed by atoms with Crippen molar-refractivity contribution >= 4 is 17.5 Å². The van der Waals surface area contributed by atoms with Gasteiger partial charge in [-0.15, -0.1) is 0 Å². The monoisotopic (exact) mass is 296 g/mol. The van der Waals surface area contributed by atoms with E-state index in [4.69, 9.17) is 0 Å². The topological polar surface area (TPSA) is 58.2 Å². The molecule has 0 bridgehead atoms. The van der Waals surface area contributed by atoms with Crippen LogP contribution in [0.15, 0.2) is 42.5 Å². The molecule has 2 aromatic rings. The Balaban J connectivity index is 1.99. The summed E-state index contributed by atoms with van der Waals surface area (Å²) in [5.74, 6) is -0.178. The van der Waals surface area contributed by atoms with Crippen molar-refractivity contribution in [3.8, 4) is 0 Å². The first-order valence-corrected chi connectivity index (χ1v) is 7.18. The minimum Gasteiger partial charge on any atom is -0.348 e. The number of nitrogens with one attached hydrogen (secondary N) is 2. The zero-order valence-corrected chi connectivity index (χ0v) is 13.1. The Bertz CT molecular complexity index is 691. The van der Waals surface area contributed by atoms with Crippen molar-refractivity contribution in [2.24, 2.45) is 0 Å². The quantitative estimate of drug-likeness (QED) is 0.910. The Morgan fingerprint density at radius 2 is 1.68 bits per heavy atom. The summed E-state index contributed by atoms with van der Waals surface area (Å²) in [5.41, 5.74) is 4.54. The smallest absolute Gasteiger partial charge is 0.251 e. The average Bonchev–Trinajstić information content (AvgIpc) is 2.48. The largest absolute Gasteiger partial charge is 0.348 e. The second-order valence-corrected chi connectivity index (χ2v) is 5.31. The van der Waals surface area contributed by atoms with E-state index in [0.717, 1.165) is 22.4 Å². The van der Waals surface area contributed by atoms with Crippen molar-refractivity contribution in [2.45, 2.75) is 27.3 Å². The third-order valence-electron chi connectivity index (χ3n) is 3.58. The molecule has 2 aromatic carbocycles. The van der Waals surface area contributed by atoms with E-state index in [1.807, 2.05) is 56.3 Å². The van der Waals surface area contributed by atoms with Gasteiger partial charge in [0.15, 0.2) is 0 Å². The van der Waals surface area contributed by atoms with E-state index in [9.17, 15) is 9.59 Å². The van der Waals surface area contributed by atoms with E-state index in [2.05, 4.69) is 10.6 Å². The minimum atomic E-state index is -0.101. The summed E-state index contributed by atoms with van der Waals surface area (Å²) in [6.45, 7) is 5.87. The van der Waals surface area contributed by atoms with Gasteiger partial charge in [0, 0.05) is 24.7 Å². The number of amides is 2. The van der Waals surface area contributed by atoms with Gasteiger partial charge in [0.2, 0.25) is 5.91 Å². The molecule has 0 unspecified atom stereocenters. The lowest BCUT2D eigenvalue weighted by molar-refractivity contribution is -0.114. The summed E-state index contributed by atoms with van der Waals surface area (Å²) in [7, 11) is 0. The highest BCUT2D eigenvalue weighted by Gasteiger charge is 2.09. The number of anilines is 1. The summed E-state index contributed by atoms with van der Waals surface area (Å²) in [6.07, 6.45) is 0. The maximum Gasteiger partial charge on any atom is 0.251 e. The van der Waals surface area contributed by atoms with Crippen molar-refractivity contribution < 1.29 is 9.59 Å². The van der Waals surface area contributed by atoms with Crippen LogP contribution in [0.4, 0.5) is 5.69 Å². The van der Waals surface area contributed by atoms with Crippen LogP contribution in [-0.2, 0) is 11.3 Å². The van der Waals surface area contributed by atoms with Crippen LogP contribution < -0.4 is 10.6 Å². The molecule has 2 amide bonds. The van der Waals surface area contributed by atoms with E-state index in [-0.39, 0.29) is 11.8 Å². The normalized spacial score (nSPS) is 10.1. The fraction of sp³-hybridized carbons (Fsp3) is 0.222. The highest BCUT2D eigenvalue weighted by atomic mass is 16.2. The molecule has 0 aromatic heterocycles. The average molecular weight is 296 g/mol. The molecule has 2 rings (SSSR count). The van der Waals surface area contributed by atoms with Gasteiger partial charge in [-0.25, -0.2) is 0 Å². The van der Waals surface area contributed by atoms with Crippen LogP contribution in [0.5, 0.6) is 0 Å². The molecule has 2 N–H and O–H groups in total. The molecule has 0 radical (unpaired) electrons. The molecule has 0 heterocycles. The van der Waals surface area contributed by atoms with Gasteiger partial charge in [0.1, 0.15) is 0 Å². The number of benzene rings is 2. The van der Waals surface area contributed by atoms with E-state index in [0.29, 0.717) is 12.1 Å². The first-order valence-electron chi connectivity index (χ1n) is 7.18. The van der Waals surface area contributed by atoms with E-state index in [1.54, 1.807) is 0 Å². The molecule has 0 aliphatic rings. The lowest BCUT2D eigenvalue weighted by atomic mass is 10.0. The Morgan fingerprint density at radius 3 is 2.32 bits per heavy atom. The Labute approximate surface area is 130 Å².